The monoisotopic (exact) mass is 478 g/mol. The first kappa shape index (κ1) is 20.4. The van der Waals surface area contributed by atoms with Crippen molar-refractivity contribution in [2.75, 3.05) is 0 Å². The molecule has 0 radical (unpaired) electrons. The Labute approximate surface area is 187 Å². The summed E-state index contributed by atoms with van der Waals surface area (Å²) in [6, 6.07) is 24.0. The zero-order valence-corrected chi connectivity index (χ0v) is 18.7. The van der Waals surface area contributed by atoms with Gasteiger partial charge in [0.25, 0.3) is 0 Å². The van der Waals surface area contributed by atoms with Gasteiger partial charge in [0.15, 0.2) is 5.09 Å². The molecule has 3 aromatic carbocycles. The first-order chi connectivity index (χ1) is 14.6. The number of hydrazone groups is 1. The number of furan rings is 1. The lowest BCUT2D eigenvalue weighted by Gasteiger charge is -2.05. The average molecular weight is 479 g/mol. The largest absolute Gasteiger partial charge is 0.447 e. The van der Waals surface area contributed by atoms with E-state index < -0.39 is 0 Å². The number of halogens is 1. The van der Waals surface area contributed by atoms with Crippen LogP contribution in [0.5, 0.6) is 0 Å². The third-order valence-corrected chi connectivity index (χ3v) is 6.37. The number of nitrogens with one attached hydrogen (secondary N) is 1. The van der Waals surface area contributed by atoms with Crippen LogP contribution in [0.25, 0.3) is 10.8 Å². The zero-order chi connectivity index (χ0) is 20.9. The summed E-state index contributed by atoms with van der Waals surface area (Å²) in [5.74, 6) is 0.379. The number of amides is 1. The van der Waals surface area contributed by atoms with Gasteiger partial charge in [-0.1, -0.05) is 71.9 Å². The molecule has 0 aliphatic carbocycles. The normalized spacial score (nSPS) is 11.3. The second-order valence-electron chi connectivity index (χ2n) is 6.81. The van der Waals surface area contributed by atoms with Crippen LogP contribution in [0.1, 0.15) is 16.9 Å². The van der Waals surface area contributed by atoms with Gasteiger partial charge in [-0.2, -0.15) is 5.10 Å². The van der Waals surface area contributed by atoms with Gasteiger partial charge in [0.2, 0.25) is 5.91 Å². The molecule has 150 valence electrons. The Balaban J connectivity index is 1.38. The van der Waals surface area contributed by atoms with Crippen molar-refractivity contribution >= 4 is 50.6 Å². The van der Waals surface area contributed by atoms with Crippen LogP contribution >= 0.6 is 27.7 Å². The molecule has 0 aliphatic heterocycles. The summed E-state index contributed by atoms with van der Waals surface area (Å²) < 4.78 is 6.67. The summed E-state index contributed by atoms with van der Waals surface area (Å²) in [5, 5.41) is 6.97. The predicted molar refractivity (Wildman–Crippen MR) is 125 cm³/mol. The first-order valence-corrected chi connectivity index (χ1v) is 11.0. The lowest BCUT2D eigenvalue weighted by molar-refractivity contribution is -0.120. The molecule has 30 heavy (non-hydrogen) atoms. The maximum Gasteiger partial charge on any atom is 0.244 e. The van der Waals surface area contributed by atoms with Gasteiger partial charge in [-0.3, -0.25) is 4.79 Å². The maximum atomic E-state index is 12.3. The summed E-state index contributed by atoms with van der Waals surface area (Å²) >= 11 is 5.04. The Morgan fingerprint density at radius 3 is 2.70 bits per heavy atom. The topological polar surface area (TPSA) is 54.6 Å². The second kappa shape index (κ2) is 9.32. The lowest BCUT2D eigenvalue weighted by Crippen LogP contribution is -2.19. The van der Waals surface area contributed by atoms with Crippen molar-refractivity contribution in [2.45, 2.75) is 23.3 Å². The quantitative estimate of drug-likeness (QED) is 0.259. The molecule has 1 amide bonds. The van der Waals surface area contributed by atoms with Crippen LogP contribution in [-0.4, -0.2) is 12.1 Å². The number of rotatable bonds is 6. The molecule has 1 aromatic heterocycles. The van der Waals surface area contributed by atoms with E-state index in [1.54, 1.807) is 0 Å². The van der Waals surface area contributed by atoms with Crippen molar-refractivity contribution in [2.24, 2.45) is 5.10 Å². The Morgan fingerprint density at radius 2 is 1.87 bits per heavy atom. The number of hydrogen-bond acceptors (Lipinski definition) is 4. The highest BCUT2D eigenvalue weighted by Gasteiger charge is 2.10. The zero-order valence-electron chi connectivity index (χ0n) is 16.3. The van der Waals surface area contributed by atoms with Gasteiger partial charge >= 0.3 is 0 Å². The molecule has 0 atom stereocenters. The number of fused-ring (bicyclic) bond motifs is 1. The molecule has 4 nitrogen and oxygen atoms in total. The van der Waals surface area contributed by atoms with E-state index in [2.05, 4.69) is 57.6 Å². The highest BCUT2D eigenvalue weighted by Crippen LogP contribution is 2.35. The van der Waals surface area contributed by atoms with Crippen LogP contribution in [-0.2, 0) is 11.2 Å². The van der Waals surface area contributed by atoms with Crippen LogP contribution in [0.3, 0.4) is 0 Å². The minimum atomic E-state index is -0.178. The molecular formula is C24H19BrN2O2S. The second-order valence-corrected chi connectivity index (χ2v) is 8.71. The average Bonchev–Trinajstić information content (AvgIpc) is 3.09. The van der Waals surface area contributed by atoms with Gasteiger partial charge in [-0.05, 0) is 51.3 Å². The van der Waals surface area contributed by atoms with Crippen LogP contribution < -0.4 is 5.43 Å². The van der Waals surface area contributed by atoms with Gasteiger partial charge in [0.1, 0.15) is 5.76 Å². The molecule has 4 aromatic rings. The van der Waals surface area contributed by atoms with Gasteiger partial charge in [0.05, 0.1) is 17.1 Å². The Bertz CT molecular complexity index is 1210. The lowest BCUT2D eigenvalue weighted by atomic mass is 10.0. The van der Waals surface area contributed by atoms with Crippen LogP contribution in [0.15, 0.2) is 96.8 Å². The third kappa shape index (κ3) is 5.01. The van der Waals surface area contributed by atoms with Crippen molar-refractivity contribution in [3.63, 3.8) is 0 Å². The fourth-order valence-electron chi connectivity index (χ4n) is 3.04. The molecular weight excluding hydrogens is 460 g/mol. The fraction of sp³-hybridized carbons (Fsp3) is 0.0833. The number of benzene rings is 3. The molecule has 0 spiro atoms. The van der Waals surface area contributed by atoms with Crippen molar-refractivity contribution in [1.82, 2.24) is 5.43 Å². The first-order valence-electron chi connectivity index (χ1n) is 9.41. The summed E-state index contributed by atoms with van der Waals surface area (Å²) in [6.07, 6.45) is 1.76. The van der Waals surface area contributed by atoms with E-state index in [0.29, 0.717) is 5.76 Å². The van der Waals surface area contributed by atoms with E-state index in [9.17, 15) is 4.79 Å². The predicted octanol–water partition coefficient (Wildman–Crippen LogP) is 6.35. The van der Waals surface area contributed by atoms with E-state index in [4.69, 9.17) is 4.42 Å². The standard InChI is InChI=1S/C24H19BrN2O2S/c1-16-9-11-20(12-10-16)30-24-22(25)14-19(29-24)15-26-27-23(28)13-18-7-4-6-17-5-2-3-8-21(17)18/h2-12,14-15H,13H2,1H3,(H,27,28)/b26-15-. The van der Waals surface area contributed by atoms with Gasteiger partial charge in [-0.25, -0.2) is 5.43 Å². The number of carbonyl (C=O) groups is 1. The number of hydrogen-bond donors (Lipinski definition) is 1. The van der Waals surface area contributed by atoms with E-state index >= 15 is 0 Å². The minimum Gasteiger partial charge on any atom is -0.447 e. The van der Waals surface area contributed by atoms with E-state index in [0.717, 1.165) is 30.8 Å². The molecule has 4 rings (SSSR count). The Hall–Kier alpha value is -2.83. The SMILES string of the molecule is Cc1ccc(Sc2oc(/C=N\NC(=O)Cc3cccc4ccccc34)cc2Br)cc1. The van der Waals surface area contributed by atoms with Crippen molar-refractivity contribution < 1.29 is 9.21 Å². The third-order valence-electron chi connectivity index (χ3n) is 4.52. The molecule has 1 heterocycles. The van der Waals surface area contributed by atoms with Gasteiger partial charge in [0, 0.05) is 11.0 Å². The van der Waals surface area contributed by atoms with E-state index in [-0.39, 0.29) is 12.3 Å². The van der Waals surface area contributed by atoms with E-state index in [1.165, 1.54) is 23.5 Å². The summed E-state index contributed by atoms with van der Waals surface area (Å²) in [5.41, 5.74) is 4.76. The fourth-order valence-corrected chi connectivity index (χ4v) is 4.37. The molecule has 0 saturated heterocycles. The summed E-state index contributed by atoms with van der Waals surface area (Å²) in [4.78, 5) is 13.4. The summed E-state index contributed by atoms with van der Waals surface area (Å²) in [6.45, 7) is 2.06. The number of aryl methyl sites for hydroxylation is 1. The van der Waals surface area contributed by atoms with Crippen molar-refractivity contribution in [3.05, 3.63) is 94.2 Å². The highest BCUT2D eigenvalue weighted by molar-refractivity contribution is 9.10. The van der Waals surface area contributed by atoms with Crippen LogP contribution in [0.4, 0.5) is 0 Å². The molecule has 0 unspecified atom stereocenters. The Morgan fingerprint density at radius 1 is 1.10 bits per heavy atom. The van der Waals surface area contributed by atoms with Gasteiger partial charge < -0.3 is 4.42 Å². The molecule has 6 heteroatoms. The minimum absolute atomic E-state index is 0.178. The maximum absolute atomic E-state index is 12.3. The smallest absolute Gasteiger partial charge is 0.244 e. The van der Waals surface area contributed by atoms with Crippen LogP contribution in [0, 0.1) is 6.92 Å². The van der Waals surface area contributed by atoms with E-state index in [1.807, 2.05) is 48.5 Å². The van der Waals surface area contributed by atoms with Gasteiger partial charge in [-0.15, -0.1) is 0 Å². The van der Waals surface area contributed by atoms with Crippen molar-refractivity contribution in [3.8, 4) is 0 Å². The molecule has 0 bridgehead atoms. The summed E-state index contributed by atoms with van der Waals surface area (Å²) in [7, 11) is 0. The molecule has 0 aliphatic rings. The Kier molecular flexibility index (Phi) is 6.35. The van der Waals surface area contributed by atoms with Crippen molar-refractivity contribution in [1.29, 1.82) is 0 Å². The number of nitrogens with zero attached hydrogens (tertiary/aromatic N) is 1. The molecule has 1 N–H and O–H groups in total. The molecule has 0 saturated carbocycles. The van der Waals surface area contributed by atoms with Crippen LogP contribution in [0.2, 0.25) is 0 Å². The number of carbonyl (C=O) groups excluding carboxylic acids is 1. The molecule has 0 fully saturated rings. The highest BCUT2D eigenvalue weighted by atomic mass is 79.9.